The number of rotatable bonds is 1. The SMILES string of the molecule is Cc1scc(C(=O)OC(C)(C)C)c1N. The Balaban J connectivity index is 2.86. The molecule has 14 heavy (non-hydrogen) atoms. The first-order valence-electron chi connectivity index (χ1n) is 4.38. The summed E-state index contributed by atoms with van der Waals surface area (Å²) in [6.07, 6.45) is 0. The summed E-state index contributed by atoms with van der Waals surface area (Å²) in [4.78, 5) is 12.5. The summed E-state index contributed by atoms with van der Waals surface area (Å²) in [7, 11) is 0. The summed E-state index contributed by atoms with van der Waals surface area (Å²) in [5.74, 6) is -0.348. The van der Waals surface area contributed by atoms with Gasteiger partial charge in [-0.25, -0.2) is 4.79 Å². The highest BCUT2D eigenvalue weighted by Gasteiger charge is 2.21. The highest BCUT2D eigenvalue weighted by atomic mass is 32.1. The normalized spacial score (nSPS) is 11.4. The van der Waals surface area contributed by atoms with Crippen LogP contribution in [0.5, 0.6) is 0 Å². The first kappa shape index (κ1) is 11.0. The molecule has 0 radical (unpaired) electrons. The maximum atomic E-state index is 11.6. The van der Waals surface area contributed by atoms with Crippen LogP contribution in [-0.4, -0.2) is 11.6 Å². The van der Waals surface area contributed by atoms with Crippen LogP contribution in [0.25, 0.3) is 0 Å². The Kier molecular flexibility index (Phi) is 2.85. The molecule has 0 bridgehead atoms. The molecule has 4 heteroatoms. The molecule has 0 atom stereocenters. The van der Waals surface area contributed by atoms with Gasteiger partial charge in [-0.1, -0.05) is 0 Å². The number of thiophene rings is 1. The Morgan fingerprint density at radius 2 is 2.07 bits per heavy atom. The molecule has 3 nitrogen and oxygen atoms in total. The van der Waals surface area contributed by atoms with Crippen LogP contribution in [0.2, 0.25) is 0 Å². The highest BCUT2D eigenvalue weighted by molar-refractivity contribution is 7.10. The summed E-state index contributed by atoms with van der Waals surface area (Å²) in [6.45, 7) is 7.38. The zero-order valence-electron chi connectivity index (χ0n) is 8.88. The number of carbonyl (C=O) groups is 1. The molecule has 78 valence electrons. The van der Waals surface area contributed by atoms with Gasteiger partial charge in [-0.2, -0.15) is 0 Å². The Hall–Kier alpha value is -1.03. The first-order valence-corrected chi connectivity index (χ1v) is 5.26. The third-order valence-electron chi connectivity index (χ3n) is 1.64. The van der Waals surface area contributed by atoms with Crippen molar-refractivity contribution in [3.63, 3.8) is 0 Å². The molecule has 2 N–H and O–H groups in total. The van der Waals surface area contributed by atoms with E-state index in [1.165, 1.54) is 11.3 Å². The van der Waals surface area contributed by atoms with Crippen molar-refractivity contribution in [3.05, 3.63) is 15.8 Å². The lowest BCUT2D eigenvalue weighted by Crippen LogP contribution is -2.24. The summed E-state index contributed by atoms with van der Waals surface area (Å²) < 4.78 is 5.21. The summed E-state index contributed by atoms with van der Waals surface area (Å²) >= 11 is 1.46. The minimum absolute atomic E-state index is 0.348. The van der Waals surface area contributed by atoms with Crippen LogP contribution in [0, 0.1) is 6.92 Å². The summed E-state index contributed by atoms with van der Waals surface area (Å²) in [6, 6.07) is 0. The molecule has 0 spiro atoms. The molecule has 0 saturated heterocycles. The lowest BCUT2D eigenvalue weighted by molar-refractivity contribution is 0.00713. The second kappa shape index (κ2) is 3.61. The lowest BCUT2D eigenvalue weighted by atomic mass is 10.2. The van der Waals surface area contributed by atoms with Gasteiger partial charge in [-0.05, 0) is 27.7 Å². The van der Waals surface area contributed by atoms with Gasteiger partial charge in [-0.3, -0.25) is 0 Å². The molecular formula is C10H15NO2S. The molecule has 1 rings (SSSR count). The molecule has 0 unspecified atom stereocenters. The predicted octanol–water partition coefficient (Wildman–Crippen LogP) is 2.59. The van der Waals surface area contributed by atoms with Crippen LogP contribution >= 0.6 is 11.3 Å². The van der Waals surface area contributed by atoms with Crippen molar-refractivity contribution in [1.82, 2.24) is 0 Å². The number of ether oxygens (including phenoxy) is 1. The maximum absolute atomic E-state index is 11.6. The van der Waals surface area contributed by atoms with E-state index in [1.807, 2.05) is 27.7 Å². The average Bonchev–Trinajstić information content (AvgIpc) is 2.29. The van der Waals surface area contributed by atoms with Gasteiger partial charge in [0, 0.05) is 10.3 Å². The number of nitrogens with two attached hydrogens (primary N) is 1. The van der Waals surface area contributed by atoms with Gasteiger partial charge in [-0.15, -0.1) is 11.3 Å². The van der Waals surface area contributed by atoms with Crippen LogP contribution in [0.3, 0.4) is 0 Å². The third-order valence-corrected chi connectivity index (χ3v) is 2.57. The molecule has 0 aliphatic carbocycles. The number of carbonyl (C=O) groups excluding carboxylic acids is 1. The molecular weight excluding hydrogens is 198 g/mol. The fourth-order valence-electron chi connectivity index (χ4n) is 0.955. The molecule has 1 aromatic heterocycles. The molecule has 0 aliphatic heterocycles. The van der Waals surface area contributed by atoms with Gasteiger partial charge in [0.05, 0.1) is 11.3 Å². The Labute approximate surface area is 87.9 Å². The van der Waals surface area contributed by atoms with Crippen molar-refractivity contribution in [2.24, 2.45) is 0 Å². The number of hydrogen-bond donors (Lipinski definition) is 1. The van der Waals surface area contributed by atoms with Gasteiger partial charge < -0.3 is 10.5 Å². The number of hydrogen-bond acceptors (Lipinski definition) is 4. The van der Waals surface area contributed by atoms with E-state index >= 15 is 0 Å². The van der Waals surface area contributed by atoms with E-state index in [1.54, 1.807) is 5.38 Å². The van der Waals surface area contributed by atoms with Crippen LogP contribution in [0.1, 0.15) is 36.0 Å². The van der Waals surface area contributed by atoms with Crippen molar-refractivity contribution in [2.75, 3.05) is 5.73 Å². The summed E-state index contributed by atoms with van der Waals surface area (Å²) in [5, 5.41) is 1.73. The molecule has 0 aromatic carbocycles. The number of anilines is 1. The number of esters is 1. The predicted molar refractivity (Wildman–Crippen MR) is 58.6 cm³/mol. The van der Waals surface area contributed by atoms with E-state index in [4.69, 9.17) is 10.5 Å². The maximum Gasteiger partial charge on any atom is 0.341 e. The van der Waals surface area contributed by atoms with E-state index in [-0.39, 0.29) is 5.97 Å². The minimum Gasteiger partial charge on any atom is -0.456 e. The molecule has 0 fully saturated rings. The smallest absolute Gasteiger partial charge is 0.341 e. The number of nitrogen functional groups attached to an aromatic ring is 1. The topological polar surface area (TPSA) is 52.3 Å². The number of aryl methyl sites for hydroxylation is 1. The van der Waals surface area contributed by atoms with E-state index < -0.39 is 5.60 Å². The lowest BCUT2D eigenvalue weighted by Gasteiger charge is -2.19. The Morgan fingerprint density at radius 3 is 2.43 bits per heavy atom. The van der Waals surface area contributed by atoms with E-state index in [0.29, 0.717) is 11.3 Å². The molecule has 0 saturated carbocycles. The largest absolute Gasteiger partial charge is 0.456 e. The monoisotopic (exact) mass is 213 g/mol. The highest BCUT2D eigenvalue weighted by Crippen LogP contribution is 2.25. The standard InChI is InChI=1S/C10H15NO2S/c1-6-8(11)7(5-14-6)9(12)13-10(2,3)4/h5H,11H2,1-4H3. The van der Waals surface area contributed by atoms with Gasteiger partial charge in [0.2, 0.25) is 0 Å². The van der Waals surface area contributed by atoms with Gasteiger partial charge in [0.1, 0.15) is 5.60 Å². The first-order chi connectivity index (χ1) is 6.31. The van der Waals surface area contributed by atoms with Crippen molar-refractivity contribution < 1.29 is 9.53 Å². The van der Waals surface area contributed by atoms with Crippen molar-refractivity contribution in [2.45, 2.75) is 33.3 Å². The van der Waals surface area contributed by atoms with E-state index in [0.717, 1.165) is 4.88 Å². The fourth-order valence-corrected chi connectivity index (χ4v) is 1.71. The third kappa shape index (κ3) is 2.48. The van der Waals surface area contributed by atoms with Crippen molar-refractivity contribution in [3.8, 4) is 0 Å². The molecule has 0 amide bonds. The Bertz CT molecular complexity index is 349. The fraction of sp³-hybridized carbons (Fsp3) is 0.500. The van der Waals surface area contributed by atoms with Crippen LogP contribution in [0.15, 0.2) is 5.38 Å². The quantitative estimate of drug-likeness (QED) is 0.729. The van der Waals surface area contributed by atoms with E-state index in [9.17, 15) is 4.79 Å². The zero-order valence-corrected chi connectivity index (χ0v) is 9.70. The van der Waals surface area contributed by atoms with Crippen LogP contribution in [0.4, 0.5) is 5.69 Å². The average molecular weight is 213 g/mol. The minimum atomic E-state index is -0.473. The molecule has 1 aromatic rings. The molecule has 0 aliphatic rings. The van der Waals surface area contributed by atoms with Crippen LogP contribution < -0.4 is 5.73 Å². The van der Waals surface area contributed by atoms with Gasteiger partial charge >= 0.3 is 5.97 Å². The van der Waals surface area contributed by atoms with Crippen molar-refractivity contribution >= 4 is 23.0 Å². The second-order valence-corrected chi connectivity index (χ2v) is 5.20. The van der Waals surface area contributed by atoms with Crippen molar-refractivity contribution in [1.29, 1.82) is 0 Å². The Morgan fingerprint density at radius 1 is 1.50 bits per heavy atom. The van der Waals surface area contributed by atoms with Crippen LogP contribution in [-0.2, 0) is 4.74 Å². The van der Waals surface area contributed by atoms with E-state index in [2.05, 4.69) is 0 Å². The van der Waals surface area contributed by atoms with Gasteiger partial charge in [0.15, 0.2) is 0 Å². The summed E-state index contributed by atoms with van der Waals surface area (Å²) in [5.41, 5.74) is 6.27. The second-order valence-electron chi connectivity index (χ2n) is 4.12. The molecule has 1 heterocycles. The van der Waals surface area contributed by atoms with Gasteiger partial charge in [0.25, 0.3) is 0 Å². The zero-order chi connectivity index (χ0) is 10.9.